The highest BCUT2D eigenvalue weighted by Gasteiger charge is 2.39. The maximum atomic E-state index is 13.7. The van der Waals surface area contributed by atoms with Crippen molar-refractivity contribution in [3.63, 3.8) is 0 Å². The predicted octanol–water partition coefficient (Wildman–Crippen LogP) is 3.14. The average Bonchev–Trinajstić information content (AvgIpc) is 2.29. The van der Waals surface area contributed by atoms with E-state index in [1.807, 2.05) is 29.5 Å². The number of hydrogen-bond donors (Lipinski definition) is 0. The lowest BCUT2D eigenvalue weighted by atomic mass is 10.00. The molecular formula is C11H11BrF2IO3P-2. The van der Waals surface area contributed by atoms with Crippen molar-refractivity contribution in [2.45, 2.75) is 32.4 Å². The minimum atomic E-state index is -6.06. The third kappa shape index (κ3) is 3.20. The highest BCUT2D eigenvalue weighted by molar-refractivity contribution is 14.1. The molecule has 0 atom stereocenters. The number of rotatable bonds is 4. The molecule has 19 heavy (non-hydrogen) atoms. The molecule has 1 aromatic carbocycles. The molecular weight excluding hydrogens is 456 g/mol. The summed E-state index contributed by atoms with van der Waals surface area (Å²) in [5, 5.41) is 0. The van der Waals surface area contributed by atoms with Gasteiger partial charge in [-0.2, -0.15) is 8.78 Å². The van der Waals surface area contributed by atoms with E-state index < -0.39 is 18.8 Å². The summed E-state index contributed by atoms with van der Waals surface area (Å²) in [7, 11) is -6.06. The standard InChI is InChI=1S/C11H13BrF2IO3P/c1-3-6-7(4-2)10(12)8(5-9(6)15)11(13,14)19(16,17)18/h5H,3-4H2,1-2H3,(H2,16,17,18)/p-2. The Morgan fingerprint density at radius 2 is 1.79 bits per heavy atom. The van der Waals surface area contributed by atoms with Gasteiger partial charge in [0.05, 0.1) is 0 Å². The van der Waals surface area contributed by atoms with Gasteiger partial charge in [0.25, 0.3) is 5.66 Å². The van der Waals surface area contributed by atoms with Gasteiger partial charge in [-0.05, 0) is 68.6 Å². The second kappa shape index (κ2) is 6.05. The summed E-state index contributed by atoms with van der Waals surface area (Å²) in [5.74, 6) is 0. The van der Waals surface area contributed by atoms with Crippen molar-refractivity contribution in [1.82, 2.24) is 0 Å². The van der Waals surface area contributed by atoms with Crippen LogP contribution in [0.25, 0.3) is 0 Å². The second-order valence-corrected chi connectivity index (χ2v) is 7.43. The summed E-state index contributed by atoms with van der Waals surface area (Å²) in [6.45, 7) is 3.66. The third-order valence-electron chi connectivity index (χ3n) is 2.80. The first kappa shape index (κ1) is 17.5. The van der Waals surface area contributed by atoms with Gasteiger partial charge < -0.3 is 14.4 Å². The highest BCUT2D eigenvalue weighted by atomic mass is 127. The van der Waals surface area contributed by atoms with Crippen LogP contribution in [0, 0.1) is 3.57 Å². The van der Waals surface area contributed by atoms with E-state index in [4.69, 9.17) is 0 Å². The van der Waals surface area contributed by atoms with Gasteiger partial charge in [-0.3, -0.25) is 0 Å². The van der Waals surface area contributed by atoms with Crippen LogP contribution in [0.4, 0.5) is 8.78 Å². The molecule has 0 saturated heterocycles. The average molecular weight is 467 g/mol. The summed E-state index contributed by atoms with van der Waals surface area (Å²) in [4.78, 5) is 21.5. The van der Waals surface area contributed by atoms with Crippen LogP contribution in [0.15, 0.2) is 10.5 Å². The molecule has 3 nitrogen and oxygen atoms in total. The van der Waals surface area contributed by atoms with E-state index in [2.05, 4.69) is 15.9 Å². The summed E-state index contributed by atoms with van der Waals surface area (Å²) in [5.41, 5.74) is -3.71. The third-order valence-corrected chi connectivity index (χ3v) is 5.60. The highest BCUT2D eigenvalue weighted by Crippen LogP contribution is 2.55. The Kier molecular flexibility index (Phi) is 5.57. The van der Waals surface area contributed by atoms with Crippen LogP contribution in [0.3, 0.4) is 0 Å². The second-order valence-electron chi connectivity index (χ2n) is 3.92. The van der Waals surface area contributed by atoms with Crippen molar-refractivity contribution in [3.8, 4) is 0 Å². The Morgan fingerprint density at radius 3 is 2.16 bits per heavy atom. The van der Waals surface area contributed by atoms with Crippen molar-refractivity contribution in [1.29, 1.82) is 0 Å². The first-order valence-corrected chi connectivity index (χ1v) is 8.89. The Morgan fingerprint density at radius 1 is 1.32 bits per heavy atom. The Balaban J connectivity index is 3.65. The molecule has 0 spiro atoms. The van der Waals surface area contributed by atoms with Crippen LogP contribution in [0.5, 0.6) is 0 Å². The first-order valence-electron chi connectivity index (χ1n) is 5.48. The molecule has 0 saturated carbocycles. The zero-order chi connectivity index (χ0) is 15.0. The molecule has 0 heterocycles. The van der Waals surface area contributed by atoms with E-state index in [0.717, 1.165) is 11.6 Å². The van der Waals surface area contributed by atoms with E-state index in [1.165, 1.54) is 0 Å². The van der Waals surface area contributed by atoms with Crippen LogP contribution in [-0.4, -0.2) is 0 Å². The van der Waals surface area contributed by atoms with Crippen molar-refractivity contribution in [2.75, 3.05) is 0 Å². The fourth-order valence-corrected chi connectivity index (χ4v) is 4.36. The van der Waals surface area contributed by atoms with Gasteiger partial charge >= 0.3 is 0 Å². The van der Waals surface area contributed by atoms with E-state index in [1.54, 1.807) is 6.92 Å². The first-order chi connectivity index (χ1) is 8.57. The zero-order valence-electron chi connectivity index (χ0n) is 10.2. The lowest BCUT2D eigenvalue weighted by Crippen LogP contribution is -2.30. The van der Waals surface area contributed by atoms with Crippen molar-refractivity contribution in [2.24, 2.45) is 0 Å². The lowest BCUT2D eigenvalue weighted by molar-refractivity contribution is -0.335. The molecule has 0 amide bonds. The molecule has 0 bridgehead atoms. The molecule has 0 aliphatic rings. The molecule has 0 radical (unpaired) electrons. The van der Waals surface area contributed by atoms with E-state index in [-0.39, 0.29) is 4.47 Å². The molecule has 0 N–H and O–H groups in total. The minimum absolute atomic E-state index is 0.00388. The molecule has 0 aliphatic heterocycles. The Hall–Kier alpha value is 0.440. The van der Waals surface area contributed by atoms with E-state index >= 15 is 0 Å². The molecule has 1 aromatic rings. The van der Waals surface area contributed by atoms with Gasteiger partial charge in [-0.15, -0.1) is 0 Å². The van der Waals surface area contributed by atoms with E-state index in [0.29, 0.717) is 22.0 Å². The van der Waals surface area contributed by atoms with Crippen LogP contribution in [-0.2, 0) is 23.1 Å². The number of halogens is 4. The topological polar surface area (TPSA) is 63.2 Å². The molecule has 0 fully saturated rings. The molecule has 1 rings (SSSR count). The molecule has 0 aromatic heterocycles. The number of benzene rings is 1. The smallest absolute Gasteiger partial charge is 0.298 e. The SMILES string of the molecule is CCc1c(I)cc(C(F)(F)P(=O)([O-])[O-])c(Br)c1CC. The van der Waals surface area contributed by atoms with Gasteiger partial charge in [0, 0.05) is 21.2 Å². The van der Waals surface area contributed by atoms with Gasteiger partial charge in [0.2, 0.25) is 0 Å². The van der Waals surface area contributed by atoms with Gasteiger partial charge in [0.1, 0.15) is 0 Å². The molecule has 0 aliphatic carbocycles. The summed E-state index contributed by atoms with van der Waals surface area (Å²) in [6, 6.07) is 1.06. The Bertz CT molecular complexity index is 545. The van der Waals surface area contributed by atoms with Crippen LogP contribution in [0.1, 0.15) is 30.5 Å². The van der Waals surface area contributed by atoms with Crippen molar-refractivity contribution in [3.05, 3.63) is 30.8 Å². The zero-order valence-corrected chi connectivity index (χ0v) is 14.8. The van der Waals surface area contributed by atoms with E-state index in [9.17, 15) is 23.1 Å². The lowest BCUT2D eigenvalue weighted by Gasteiger charge is -2.38. The van der Waals surface area contributed by atoms with Crippen LogP contribution >= 0.6 is 46.1 Å². The summed E-state index contributed by atoms with van der Waals surface area (Å²) >= 11 is 4.89. The maximum Gasteiger partial charge on any atom is 0.298 e. The van der Waals surface area contributed by atoms with Crippen LogP contribution in [0.2, 0.25) is 0 Å². The minimum Gasteiger partial charge on any atom is -0.806 e. The van der Waals surface area contributed by atoms with Gasteiger partial charge in [-0.1, -0.05) is 13.8 Å². The number of alkyl halides is 2. The molecule has 108 valence electrons. The molecule has 8 heteroatoms. The van der Waals surface area contributed by atoms with Crippen molar-refractivity contribution >= 4 is 46.1 Å². The van der Waals surface area contributed by atoms with Gasteiger partial charge in [-0.25, -0.2) is 0 Å². The Labute approximate surface area is 132 Å². The molecule has 0 unspecified atom stereocenters. The summed E-state index contributed by atoms with van der Waals surface area (Å²) in [6.07, 6.45) is 1.10. The predicted molar refractivity (Wildman–Crippen MR) is 77.1 cm³/mol. The number of hydrogen-bond acceptors (Lipinski definition) is 3. The van der Waals surface area contributed by atoms with Crippen LogP contribution < -0.4 is 9.79 Å². The van der Waals surface area contributed by atoms with Gasteiger partial charge in [0.15, 0.2) is 0 Å². The van der Waals surface area contributed by atoms with Crippen molar-refractivity contribution < 1.29 is 23.1 Å². The monoisotopic (exact) mass is 466 g/mol. The summed E-state index contributed by atoms with van der Waals surface area (Å²) < 4.78 is 38.8. The maximum absolute atomic E-state index is 13.7. The largest absolute Gasteiger partial charge is 0.806 e. The quantitative estimate of drug-likeness (QED) is 0.506. The fraction of sp³-hybridized carbons (Fsp3) is 0.455. The normalized spacial score (nSPS) is 12.8. The fourth-order valence-electron chi connectivity index (χ4n) is 1.83.